The van der Waals surface area contributed by atoms with Gasteiger partial charge in [0, 0.05) is 5.41 Å². The molecule has 0 heterocycles. The monoisotopic (exact) mass is 322 g/mol. The number of rotatable bonds is 10. The van der Waals surface area contributed by atoms with Gasteiger partial charge in [-0.1, -0.05) is 42.5 Å². The van der Waals surface area contributed by atoms with E-state index >= 15 is 0 Å². The lowest BCUT2D eigenvalue weighted by Gasteiger charge is -2.30. The molecule has 0 bridgehead atoms. The predicted molar refractivity (Wildman–Crippen MR) is 88.1 cm³/mol. The first-order chi connectivity index (χ1) is 11.2. The van der Waals surface area contributed by atoms with Crippen LogP contribution >= 0.6 is 0 Å². The average Bonchev–Trinajstić information content (AvgIpc) is 2.60. The van der Waals surface area contributed by atoms with Gasteiger partial charge in [0.05, 0.1) is 20.3 Å². The minimum absolute atomic E-state index is 0.0481. The molecule has 0 aromatic heterocycles. The number of allylic oxidation sites excluding steroid dienone is 1. The molecule has 0 aliphatic heterocycles. The SMILES string of the molecule is COC(=O)OC/C=C/CCCC(CO)(CO)Cc1ccccc1. The van der Waals surface area contributed by atoms with Crippen molar-refractivity contribution in [2.45, 2.75) is 25.7 Å². The molecule has 0 saturated heterocycles. The Morgan fingerprint density at radius 1 is 1.17 bits per heavy atom. The number of aliphatic hydroxyl groups excluding tert-OH is 2. The molecule has 0 fully saturated rings. The second-order valence-corrected chi connectivity index (χ2v) is 5.61. The Morgan fingerprint density at radius 3 is 2.48 bits per heavy atom. The van der Waals surface area contributed by atoms with E-state index in [-0.39, 0.29) is 19.8 Å². The molecule has 0 aliphatic rings. The van der Waals surface area contributed by atoms with Crippen molar-refractivity contribution in [3.8, 4) is 0 Å². The second-order valence-electron chi connectivity index (χ2n) is 5.61. The molecular formula is C18H26O5. The maximum atomic E-state index is 10.7. The number of ether oxygens (including phenoxy) is 2. The molecule has 2 N–H and O–H groups in total. The minimum Gasteiger partial charge on any atom is -0.438 e. The summed E-state index contributed by atoms with van der Waals surface area (Å²) >= 11 is 0. The van der Waals surface area contributed by atoms with Gasteiger partial charge in [-0.25, -0.2) is 4.79 Å². The molecule has 0 amide bonds. The zero-order valence-corrected chi connectivity index (χ0v) is 13.6. The first-order valence-corrected chi connectivity index (χ1v) is 7.77. The number of hydrogen-bond acceptors (Lipinski definition) is 5. The Hall–Kier alpha value is -1.85. The van der Waals surface area contributed by atoms with E-state index in [0.717, 1.165) is 24.8 Å². The van der Waals surface area contributed by atoms with Crippen LogP contribution in [0.15, 0.2) is 42.5 Å². The van der Waals surface area contributed by atoms with Crippen molar-refractivity contribution in [1.82, 2.24) is 0 Å². The fourth-order valence-electron chi connectivity index (χ4n) is 2.39. The van der Waals surface area contributed by atoms with E-state index in [4.69, 9.17) is 4.74 Å². The molecule has 5 heteroatoms. The summed E-state index contributed by atoms with van der Waals surface area (Å²) in [6, 6.07) is 9.87. The Labute approximate surface area is 137 Å². The highest BCUT2D eigenvalue weighted by Crippen LogP contribution is 2.28. The maximum Gasteiger partial charge on any atom is 0.508 e. The van der Waals surface area contributed by atoms with Crippen molar-refractivity contribution >= 4 is 6.16 Å². The first-order valence-electron chi connectivity index (χ1n) is 7.77. The molecule has 1 aromatic carbocycles. The van der Waals surface area contributed by atoms with Crippen molar-refractivity contribution < 1.29 is 24.5 Å². The standard InChI is InChI=1S/C18H26O5/c1-22-17(21)23-12-8-3-2-7-11-18(14-19,15-20)13-16-9-5-4-6-10-16/h3-6,8-10,19-20H,2,7,11-15H2,1H3/b8-3+. The molecule has 0 radical (unpaired) electrons. The van der Waals surface area contributed by atoms with Gasteiger partial charge in [0.1, 0.15) is 6.61 Å². The molecule has 5 nitrogen and oxygen atoms in total. The van der Waals surface area contributed by atoms with Gasteiger partial charge < -0.3 is 19.7 Å². The number of hydrogen-bond donors (Lipinski definition) is 2. The minimum atomic E-state index is -0.697. The Kier molecular flexibility index (Phi) is 9.02. The van der Waals surface area contributed by atoms with Crippen LogP contribution in [0.2, 0.25) is 0 Å². The highest BCUT2D eigenvalue weighted by Gasteiger charge is 2.28. The zero-order chi connectivity index (χ0) is 17.0. The van der Waals surface area contributed by atoms with Crippen LogP contribution in [-0.2, 0) is 15.9 Å². The van der Waals surface area contributed by atoms with Crippen LogP contribution in [0, 0.1) is 5.41 Å². The number of carbonyl (C=O) groups excluding carboxylic acids is 1. The molecule has 0 unspecified atom stereocenters. The van der Waals surface area contributed by atoms with Crippen molar-refractivity contribution in [3.63, 3.8) is 0 Å². The zero-order valence-electron chi connectivity index (χ0n) is 13.6. The van der Waals surface area contributed by atoms with Crippen LogP contribution in [0.1, 0.15) is 24.8 Å². The van der Waals surface area contributed by atoms with E-state index in [1.807, 2.05) is 36.4 Å². The van der Waals surface area contributed by atoms with E-state index in [2.05, 4.69) is 4.74 Å². The van der Waals surface area contributed by atoms with E-state index in [1.165, 1.54) is 7.11 Å². The molecule has 0 atom stereocenters. The van der Waals surface area contributed by atoms with Gasteiger partial charge in [0.25, 0.3) is 0 Å². The number of benzene rings is 1. The van der Waals surface area contributed by atoms with E-state index in [1.54, 1.807) is 6.08 Å². The van der Waals surface area contributed by atoms with Gasteiger partial charge in [-0.2, -0.15) is 0 Å². The maximum absolute atomic E-state index is 10.7. The molecule has 1 rings (SSSR count). The summed E-state index contributed by atoms with van der Waals surface area (Å²) in [7, 11) is 1.27. The lowest BCUT2D eigenvalue weighted by molar-refractivity contribution is 0.0457. The van der Waals surface area contributed by atoms with Crippen LogP contribution in [0.4, 0.5) is 4.79 Å². The highest BCUT2D eigenvalue weighted by molar-refractivity contribution is 5.59. The number of unbranched alkanes of at least 4 members (excludes halogenated alkanes) is 1. The number of carbonyl (C=O) groups is 1. The van der Waals surface area contributed by atoms with Crippen LogP contribution in [-0.4, -0.2) is 43.3 Å². The van der Waals surface area contributed by atoms with Gasteiger partial charge in [0.15, 0.2) is 0 Å². The van der Waals surface area contributed by atoms with Gasteiger partial charge >= 0.3 is 6.16 Å². The van der Waals surface area contributed by atoms with Crippen LogP contribution in [0.5, 0.6) is 0 Å². The predicted octanol–water partition coefficient (Wildman–Crippen LogP) is 2.71. The summed E-state index contributed by atoms with van der Waals surface area (Å²) in [6.45, 7) is 0.0863. The third-order valence-electron chi connectivity index (χ3n) is 3.80. The molecule has 128 valence electrons. The van der Waals surface area contributed by atoms with Crippen LogP contribution < -0.4 is 0 Å². The summed E-state index contributed by atoms with van der Waals surface area (Å²) in [5.74, 6) is 0. The molecule has 0 spiro atoms. The van der Waals surface area contributed by atoms with Gasteiger partial charge in [-0.3, -0.25) is 0 Å². The fraction of sp³-hybridized carbons (Fsp3) is 0.500. The molecule has 1 aromatic rings. The summed E-state index contributed by atoms with van der Waals surface area (Å²) < 4.78 is 9.09. The molecule has 23 heavy (non-hydrogen) atoms. The van der Waals surface area contributed by atoms with Crippen molar-refractivity contribution in [3.05, 3.63) is 48.0 Å². The van der Waals surface area contributed by atoms with Gasteiger partial charge in [-0.15, -0.1) is 0 Å². The van der Waals surface area contributed by atoms with Crippen molar-refractivity contribution in [1.29, 1.82) is 0 Å². The molecule has 0 aliphatic carbocycles. The van der Waals surface area contributed by atoms with Crippen LogP contribution in [0.25, 0.3) is 0 Å². The van der Waals surface area contributed by atoms with Gasteiger partial charge in [-0.05, 0) is 31.2 Å². The third kappa shape index (κ3) is 7.30. The Morgan fingerprint density at radius 2 is 1.87 bits per heavy atom. The van der Waals surface area contributed by atoms with E-state index in [0.29, 0.717) is 6.42 Å². The van der Waals surface area contributed by atoms with Crippen LogP contribution in [0.3, 0.4) is 0 Å². The second kappa shape index (κ2) is 10.8. The van der Waals surface area contributed by atoms with Crippen molar-refractivity contribution in [2.24, 2.45) is 5.41 Å². The summed E-state index contributed by atoms with van der Waals surface area (Å²) in [6.07, 6.45) is 5.98. The average molecular weight is 322 g/mol. The summed E-state index contributed by atoms with van der Waals surface area (Å²) in [5.41, 5.74) is 0.607. The fourth-order valence-corrected chi connectivity index (χ4v) is 2.39. The normalized spacial score (nSPS) is 11.6. The number of aliphatic hydroxyl groups is 2. The summed E-state index contributed by atoms with van der Waals surface area (Å²) in [5, 5.41) is 19.4. The molecule has 0 saturated carbocycles. The first kappa shape index (κ1) is 19.2. The lowest BCUT2D eigenvalue weighted by Crippen LogP contribution is -2.32. The smallest absolute Gasteiger partial charge is 0.438 e. The highest BCUT2D eigenvalue weighted by atomic mass is 16.7. The third-order valence-corrected chi connectivity index (χ3v) is 3.80. The lowest BCUT2D eigenvalue weighted by atomic mass is 9.79. The Bertz CT molecular complexity index is 466. The number of methoxy groups -OCH3 is 1. The van der Waals surface area contributed by atoms with Crippen molar-refractivity contribution in [2.75, 3.05) is 26.9 Å². The van der Waals surface area contributed by atoms with E-state index in [9.17, 15) is 15.0 Å². The van der Waals surface area contributed by atoms with Gasteiger partial charge in [0.2, 0.25) is 0 Å². The molecular weight excluding hydrogens is 296 g/mol. The quantitative estimate of drug-likeness (QED) is 0.393. The topological polar surface area (TPSA) is 76.0 Å². The van der Waals surface area contributed by atoms with E-state index < -0.39 is 11.6 Å². The largest absolute Gasteiger partial charge is 0.508 e. The summed E-state index contributed by atoms with van der Waals surface area (Å²) in [4.78, 5) is 10.7. The Balaban J connectivity index is 2.38.